The van der Waals surface area contributed by atoms with Gasteiger partial charge in [0.05, 0.1) is 0 Å². The monoisotopic (exact) mass is 306 g/mol. The molecule has 2 aromatic rings. The minimum absolute atomic E-state index is 0.287. The zero-order valence-corrected chi connectivity index (χ0v) is 12.8. The third-order valence-electron chi connectivity index (χ3n) is 3.91. The average molecular weight is 307 g/mol. The molecule has 1 aliphatic heterocycles. The van der Waals surface area contributed by atoms with E-state index in [-0.39, 0.29) is 6.79 Å². The average Bonchev–Trinajstić information content (AvgIpc) is 2.96. The maximum atomic E-state index is 5.84. The summed E-state index contributed by atoms with van der Waals surface area (Å²) in [5.41, 5.74) is 0. The van der Waals surface area contributed by atoms with Gasteiger partial charge in [0.1, 0.15) is 5.82 Å². The number of nitrogens with one attached hydrogen (secondary N) is 1. The third-order valence-corrected chi connectivity index (χ3v) is 4.13. The smallest absolute Gasteiger partial charge is 0.231 e. The molecule has 0 radical (unpaired) electrons. The molecule has 5 heteroatoms. The number of aromatic nitrogens is 1. The highest BCUT2D eigenvalue weighted by Gasteiger charge is 2.16. The molecule has 0 fully saturated rings. The van der Waals surface area contributed by atoms with E-state index in [1.54, 1.807) is 0 Å². The van der Waals surface area contributed by atoms with Gasteiger partial charge in [-0.1, -0.05) is 13.3 Å². The highest BCUT2D eigenvalue weighted by Crippen LogP contribution is 2.37. The van der Waals surface area contributed by atoms with Crippen LogP contribution in [0.4, 0.5) is 5.82 Å². The number of rotatable bonds is 6. The van der Waals surface area contributed by atoms with E-state index >= 15 is 0 Å². The fraction of sp³-hybridized carbons (Fsp3) is 0.438. The Morgan fingerprint density at radius 2 is 2.14 bits per heavy atom. The summed E-state index contributed by atoms with van der Waals surface area (Å²) in [6, 6.07) is 5.98. The minimum atomic E-state index is 0.287. The first kappa shape index (κ1) is 14.3. The second-order valence-electron chi connectivity index (χ2n) is 5.22. The van der Waals surface area contributed by atoms with E-state index in [9.17, 15) is 0 Å². The van der Waals surface area contributed by atoms with Gasteiger partial charge in [-0.25, -0.2) is 4.98 Å². The largest absolute Gasteiger partial charge is 0.454 e. The van der Waals surface area contributed by atoms with Crippen LogP contribution < -0.4 is 14.8 Å². The molecule has 112 valence electrons. The third kappa shape index (κ3) is 3.00. The summed E-state index contributed by atoms with van der Waals surface area (Å²) in [5.74, 6) is 3.73. The Morgan fingerprint density at radius 3 is 2.90 bits per heavy atom. The zero-order valence-electron chi connectivity index (χ0n) is 12.1. The van der Waals surface area contributed by atoms with Gasteiger partial charge in [0.15, 0.2) is 11.5 Å². The lowest BCUT2D eigenvalue weighted by atomic mass is 10.0. The van der Waals surface area contributed by atoms with E-state index in [1.165, 1.54) is 0 Å². The molecule has 3 rings (SSSR count). The van der Waals surface area contributed by atoms with Crippen LogP contribution in [-0.2, 0) is 0 Å². The Hall–Kier alpha value is -1.68. The number of nitrogens with zero attached hydrogens (tertiary/aromatic N) is 1. The van der Waals surface area contributed by atoms with E-state index in [4.69, 9.17) is 21.1 Å². The molecule has 1 atom stereocenters. The molecule has 0 amide bonds. The van der Waals surface area contributed by atoms with Crippen molar-refractivity contribution in [3.63, 3.8) is 0 Å². The molecular weight excluding hydrogens is 288 g/mol. The zero-order chi connectivity index (χ0) is 14.7. The van der Waals surface area contributed by atoms with Crippen LogP contribution in [0.2, 0.25) is 0 Å². The molecule has 1 N–H and O–H groups in total. The normalized spacial score (nSPS) is 14.4. The molecule has 21 heavy (non-hydrogen) atoms. The first-order chi connectivity index (χ1) is 10.3. The first-order valence-corrected chi connectivity index (χ1v) is 7.83. The van der Waals surface area contributed by atoms with E-state index in [0.717, 1.165) is 47.5 Å². The highest BCUT2D eigenvalue weighted by atomic mass is 35.5. The van der Waals surface area contributed by atoms with Gasteiger partial charge in [-0.3, -0.25) is 0 Å². The standard InChI is InChI=1S/C16H19ClN2O2/c1-2-11(3-5-17)9-19-16-13-8-15-14(20-10-21-15)7-12(13)4-6-18-16/h4,6-8,11H,2-3,5,9-10H2,1H3,(H,18,19). The highest BCUT2D eigenvalue weighted by molar-refractivity contribution is 6.17. The van der Waals surface area contributed by atoms with Gasteiger partial charge in [0, 0.05) is 24.0 Å². The summed E-state index contributed by atoms with van der Waals surface area (Å²) in [6.07, 6.45) is 3.94. The number of alkyl halides is 1. The molecule has 0 aliphatic carbocycles. The molecule has 1 aromatic heterocycles. The van der Waals surface area contributed by atoms with Gasteiger partial charge in [0.25, 0.3) is 0 Å². The number of pyridine rings is 1. The van der Waals surface area contributed by atoms with Crippen molar-refractivity contribution in [3.05, 3.63) is 24.4 Å². The molecule has 1 aromatic carbocycles. The number of hydrogen-bond acceptors (Lipinski definition) is 4. The van der Waals surface area contributed by atoms with Crippen LogP contribution in [0.5, 0.6) is 11.5 Å². The molecule has 0 saturated heterocycles. The lowest BCUT2D eigenvalue weighted by molar-refractivity contribution is 0.174. The van der Waals surface area contributed by atoms with Crippen LogP contribution in [0.1, 0.15) is 19.8 Å². The summed E-state index contributed by atoms with van der Waals surface area (Å²) >= 11 is 5.84. The summed E-state index contributed by atoms with van der Waals surface area (Å²) in [5, 5.41) is 5.61. The fourth-order valence-electron chi connectivity index (χ4n) is 2.55. The lowest BCUT2D eigenvalue weighted by Gasteiger charge is -2.15. The second kappa shape index (κ2) is 6.39. The van der Waals surface area contributed by atoms with Gasteiger partial charge in [0.2, 0.25) is 6.79 Å². The van der Waals surface area contributed by atoms with Gasteiger partial charge in [-0.05, 0) is 35.9 Å². The number of benzene rings is 1. The van der Waals surface area contributed by atoms with Crippen LogP contribution in [0, 0.1) is 5.92 Å². The van der Waals surface area contributed by atoms with Gasteiger partial charge >= 0.3 is 0 Å². The van der Waals surface area contributed by atoms with Crippen molar-refractivity contribution in [2.45, 2.75) is 19.8 Å². The summed E-state index contributed by atoms with van der Waals surface area (Å²) in [6.45, 7) is 3.35. The van der Waals surface area contributed by atoms with Crippen molar-refractivity contribution >= 4 is 28.2 Å². The summed E-state index contributed by atoms with van der Waals surface area (Å²) in [4.78, 5) is 4.46. The molecule has 1 aliphatic rings. The fourth-order valence-corrected chi connectivity index (χ4v) is 2.86. The predicted octanol–water partition coefficient (Wildman–Crippen LogP) is 4.03. The minimum Gasteiger partial charge on any atom is -0.454 e. The number of fused-ring (bicyclic) bond motifs is 2. The molecule has 2 heterocycles. The maximum absolute atomic E-state index is 5.84. The maximum Gasteiger partial charge on any atom is 0.231 e. The Balaban J connectivity index is 1.85. The van der Waals surface area contributed by atoms with E-state index in [1.807, 2.05) is 24.4 Å². The first-order valence-electron chi connectivity index (χ1n) is 7.30. The molecule has 0 bridgehead atoms. The van der Waals surface area contributed by atoms with Gasteiger partial charge in [-0.15, -0.1) is 11.6 Å². The van der Waals surface area contributed by atoms with Crippen molar-refractivity contribution in [3.8, 4) is 11.5 Å². The number of ether oxygens (including phenoxy) is 2. The van der Waals surface area contributed by atoms with Crippen molar-refractivity contribution in [2.24, 2.45) is 5.92 Å². The van der Waals surface area contributed by atoms with Crippen molar-refractivity contribution < 1.29 is 9.47 Å². The van der Waals surface area contributed by atoms with Crippen LogP contribution in [0.25, 0.3) is 10.8 Å². The number of anilines is 1. The van der Waals surface area contributed by atoms with Crippen molar-refractivity contribution in [1.82, 2.24) is 4.98 Å². The van der Waals surface area contributed by atoms with E-state index in [0.29, 0.717) is 11.8 Å². The molecule has 1 unspecified atom stereocenters. The second-order valence-corrected chi connectivity index (χ2v) is 5.60. The van der Waals surface area contributed by atoms with Crippen LogP contribution >= 0.6 is 11.6 Å². The van der Waals surface area contributed by atoms with Crippen LogP contribution in [0.15, 0.2) is 24.4 Å². The lowest BCUT2D eigenvalue weighted by Crippen LogP contribution is -2.15. The number of halogens is 1. The summed E-state index contributed by atoms with van der Waals surface area (Å²) < 4.78 is 10.9. The van der Waals surface area contributed by atoms with Gasteiger partial charge < -0.3 is 14.8 Å². The Labute approximate surface area is 129 Å². The van der Waals surface area contributed by atoms with Crippen molar-refractivity contribution in [1.29, 1.82) is 0 Å². The van der Waals surface area contributed by atoms with Gasteiger partial charge in [-0.2, -0.15) is 0 Å². The predicted molar refractivity (Wildman–Crippen MR) is 85.5 cm³/mol. The number of hydrogen-bond donors (Lipinski definition) is 1. The summed E-state index contributed by atoms with van der Waals surface area (Å²) in [7, 11) is 0. The van der Waals surface area contributed by atoms with E-state index in [2.05, 4.69) is 17.2 Å². The molecule has 0 spiro atoms. The Bertz CT molecular complexity index is 633. The van der Waals surface area contributed by atoms with Crippen LogP contribution in [0.3, 0.4) is 0 Å². The molecule has 4 nitrogen and oxygen atoms in total. The quantitative estimate of drug-likeness (QED) is 0.818. The molecule has 0 saturated carbocycles. The van der Waals surface area contributed by atoms with Crippen molar-refractivity contribution in [2.75, 3.05) is 24.5 Å². The molecular formula is C16H19ClN2O2. The van der Waals surface area contributed by atoms with E-state index < -0.39 is 0 Å². The Kier molecular flexibility index (Phi) is 4.34. The van der Waals surface area contributed by atoms with Crippen LogP contribution in [-0.4, -0.2) is 24.2 Å². The SMILES string of the molecule is CCC(CCCl)CNc1nccc2cc3c(cc12)OCO3. The Morgan fingerprint density at radius 1 is 1.33 bits per heavy atom. The topological polar surface area (TPSA) is 43.4 Å².